The van der Waals surface area contributed by atoms with Gasteiger partial charge >= 0.3 is 5.97 Å². The van der Waals surface area contributed by atoms with Crippen LogP contribution in [0.25, 0.3) is 0 Å². The Morgan fingerprint density at radius 3 is 2.75 bits per heavy atom. The number of allylic oxidation sites excluding steroid dienone is 1. The average molecular weight is 223 g/mol. The first-order chi connectivity index (χ1) is 7.49. The number of β-lactam (4-membered cyclic amide) rings is 1. The highest BCUT2D eigenvalue weighted by Gasteiger charge is 2.56. The summed E-state index contributed by atoms with van der Waals surface area (Å²) in [6.07, 6.45) is 1.19. The lowest BCUT2D eigenvalue weighted by molar-refractivity contribution is -0.161. The van der Waals surface area contributed by atoms with E-state index in [0.717, 1.165) is 0 Å². The van der Waals surface area contributed by atoms with Gasteiger partial charge in [0, 0.05) is 0 Å². The molecule has 2 heterocycles. The second kappa shape index (κ2) is 3.45. The van der Waals surface area contributed by atoms with E-state index in [2.05, 4.69) is 6.58 Å². The van der Waals surface area contributed by atoms with Gasteiger partial charge in [-0.3, -0.25) is 4.79 Å². The number of aliphatic hydroxyl groups is 1. The summed E-state index contributed by atoms with van der Waals surface area (Å²) >= 11 is 0. The largest absolute Gasteiger partial charge is 0.477 e. The SMILES string of the molecule is C=CC1=C(C(=O)O)N2C(=O)[C@@H]([C@@H](C)O)[C@H]2C1. The molecule has 3 atom stereocenters. The molecule has 5 nitrogen and oxygen atoms in total. The van der Waals surface area contributed by atoms with Crippen molar-refractivity contribution in [2.24, 2.45) is 5.92 Å². The molecule has 16 heavy (non-hydrogen) atoms. The number of fused-ring (bicyclic) bond motifs is 1. The van der Waals surface area contributed by atoms with Crippen LogP contribution < -0.4 is 0 Å². The Bertz CT molecular complexity index is 410. The van der Waals surface area contributed by atoms with Gasteiger partial charge in [-0.2, -0.15) is 0 Å². The van der Waals surface area contributed by atoms with Crippen LogP contribution in [-0.2, 0) is 9.59 Å². The molecule has 0 unspecified atom stereocenters. The molecule has 2 aliphatic rings. The minimum atomic E-state index is -1.12. The van der Waals surface area contributed by atoms with Gasteiger partial charge in [-0.1, -0.05) is 12.7 Å². The fourth-order valence-electron chi connectivity index (χ4n) is 2.49. The molecule has 0 aliphatic carbocycles. The molecule has 0 saturated carbocycles. The fourth-order valence-corrected chi connectivity index (χ4v) is 2.49. The van der Waals surface area contributed by atoms with Gasteiger partial charge in [0.05, 0.1) is 18.1 Å². The van der Waals surface area contributed by atoms with Gasteiger partial charge in [0.2, 0.25) is 5.91 Å². The first kappa shape index (κ1) is 10.9. The Balaban J connectivity index is 2.32. The van der Waals surface area contributed by atoms with Crippen molar-refractivity contribution in [2.45, 2.75) is 25.5 Å². The summed E-state index contributed by atoms with van der Waals surface area (Å²) in [5, 5.41) is 18.5. The van der Waals surface area contributed by atoms with Crippen LogP contribution in [0.1, 0.15) is 13.3 Å². The summed E-state index contributed by atoms with van der Waals surface area (Å²) < 4.78 is 0. The zero-order valence-electron chi connectivity index (χ0n) is 8.88. The Kier molecular flexibility index (Phi) is 2.35. The van der Waals surface area contributed by atoms with Crippen molar-refractivity contribution in [3.63, 3.8) is 0 Å². The second-order valence-electron chi connectivity index (χ2n) is 4.13. The zero-order valence-corrected chi connectivity index (χ0v) is 8.88. The lowest BCUT2D eigenvalue weighted by atomic mass is 9.83. The predicted molar refractivity (Wildman–Crippen MR) is 55.3 cm³/mol. The number of aliphatic hydroxyl groups excluding tert-OH is 1. The van der Waals surface area contributed by atoms with Crippen molar-refractivity contribution in [3.05, 3.63) is 23.9 Å². The van der Waals surface area contributed by atoms with E-state index >= 15 is 0 Å². The molecule has 0 aromatic carbocycles. The molecule has 1 saturated heterocycles. The van der Waals surface area contributed by atoms with Crippen molar-refractivity contribution in [3.8, 4) is 0 Å². The second-order valence-corrected chi connectivity index (χ2v) is 4.13. The molecular weight excluding hydrogens is 210 g/mol. The lowest BCUT2D eigenvalue weighted by Gasteiger charge is -2.44. The van der Waals surface area contributed by atoms with Gasteiger partial charge in [-0.05, 0) is 18.9 Å². The van der Waals surface area contributed by atoms with Crippen molar-refractivity contribution in [2.75, 3.05) is 0 Å². The molecule has 86 valence electrons. The van der Waals surface area contributed by atoms with Gasteiger partial charge in [0.25, 0.3) is 0 Å². The van der Waals surface area contributed by atoms with E-state index < -0.39 is 18.0 Å². The van der Waals surface area contributed by atoms with Crippen molar-refractivity contribution < 1.29 is 19.8 Å². The van der Waals surface area contributed by atoms with E-state index in [0.29, 0.717) is 12.0 Å². The van der Waals surface area contributed by atoms with Crippen LogP contribution in [-0.4, -0.2) is 39.1 Å². The summed E-state index contributed by atoms with van der Waals surface area (Å²) in [7, 11) is 0. The molecule has 0 bridgehead atoms. The summed E-state index contributed by atoms with van der Waals surface area (Å²) in [5.74, 6) is -1.91. The Hall–Kier alpha value is -1.62. The number of carboxylic acid groups (broad SMARTS) is 1. The van der Waals surface area contributed by atoms with E-state index in [1.54, 1.807) is 6.92 Å². The van der Waals surface area contributed by atoms with E-state index in [4.69, 9.17) is 5.11 Å². The van der Waals surface area contributed by atoms with E-state index in [-0.39, 0.29) is 17.6 Å². The molecule has 2 aliphatic heterocycles. The van der Waals surface area contributed by atoms with Crippen LogP contribution >= 0.6 is 0 Å². The van der Waals surface area contributed by atoms with Crippen LogP contribution in [0, 0.1) is 5.92 Å². The summed E-state index contributed by atoms with van der Waals surface area (Å²) in [4.78, 5) is 24.0. The molecule has 0 aromatic heterocycles. The molecule has 1 amide bonds. The van der Waals surface area contributed by atoms with Crippen molar-refractivity contribution >= 4 is 11.9 Å². The molecule has 0 aromatic rings. The average Bonchev–Trinajstić information content (AvgIpc) is 2.51. The van der Waals surface area contributed by atoms with E-state index in [9.17, 15) is 14.7 Å². The maximum Gasteiger partial charge on any atom is 0.352 e. The number of rotatable bonds is 3. The van der Waals surface area contributed by atoms with Crippen LogP contribution in [0.4, 0.5) is 0 Å². The monoisotopic (exact) mass is 223 g/mol. The number of carboxylic acids is 1. The van der Waals surface area contributed by atoms with Crippen molar-refractivity contribution in [1.29, 1.82) is 0 Å². The topological polar surface area (TPSA) is 77.8 Å². The van der Waals surface area contributed by atoms with Crippen molar-refractivity contribution in [1.82, 2.24) is 4.90 Å². The van der Waals surface area contributed by atoms with Crippen LogP contribution in [0.2, 0.25) is 0 Å². The summed E-state index contributed by atoms with van der Waals surface area (Å²) in [5.41, 5.74) is 0.580. The summed E-state index contributed by atoms with van der Waals surface area (Å²) in [6.45, 7) is 5.09. The van der Waals surface area contributed by atoms with Crippen LogP contribution in [0.3, 0.4) is 0 Å². The Labute approximate surface area is 92.7 Å². The molecule has 1 fully saturated rings. The van der Waals surface area contributed by atoms with E-state index in [1.807, 2.05) is 0 Å². The van der Waals surface area contributed by atoms with E-state index in [1.165, 1.54) is 11.0 Å². The highest BCUT2D eigenvalue weighted by Crippen LogP contribution is 2.43. The molecule has 2 rings (SSSR count). The minimum Gasteiger partial charge on any atom is -0.477 e. The third kappa shape index (κ3) is 1.21. The quantitative estimate of drug-likeness (QED) is 0.666. The standard InChI is InChI=1S/C11H13NO4/c1-3-6-4-7-8(5(2)13)10(14)12(7)9(6)11(15)16/h3,5,7-8,13H,1,4H2,2H3,(H,15,16)/t5-,7-,8+/m1/s1. The van der Waals surface area contributed by atoms with Crippen LogP contribution in [0.15, 0.2) is 23.9 Å². The predicted octanol–water partition coefficient (Wildman–Crippen LogP) is 0.123. The molecule has 5 heteroatoms. The minimum absolute atomic E-state index is 0.0156. The normalized spacial score (nSPS) is 29.9. The maximum absolute atomic E-state index is 11.7. The van der Waals surface area contributed by atoms with Gasteiger partial charge < -0.3 is 15.1 Å². The molecule has 0 spiro atoms. The van der Waals surface area contributed by atoms with Crippen LogP contribution in [0.5, 0.6) is 0 Å². The van der Waals surface area contributed by atoms with Gasteiger partial charge in [-0.15, -0.1) is 0 Å². The third-order valence-electron chi connectivity index (χ3n) is 3.21. The summed E-state index contributed by atoms with van der Waals surface area (Å²) in [6, 6.07) is -0.216. The molecule has 2 N–H and O–H groups in total. The first-order valence-corrected chi connectivity index (χ1v) is 5.09. The lowest BCUT2D eigenvalue weighted by Crippen LogP contribution is -2.61. The molecule has 0 radical (unpaired) electrons. The Morgan fingerprint density at radius 1 is 1.69 bits per heavy atom. The number of carbonyl (C=O) groups is 2. The number of carbonyl (C=O) groups excluding carboxylic acids is 1. The number of amides is 1. The number of nitrogens with zero attached hydrogens (tertiary/aromatic N) is 1. The third-order valence-corrected chi connectivity index (χ3v) is 3.21. The number of hydrogen-bond donors (Lipinski definition) is 2. The highest BCUT2D eigenvalue weighted by molar-refractivity contribution is 6.00. The maximum atomic E-state index is 11.7. The number of hydrogen-bond acceptors (Lipinski definition) is 3. The zero-order chi connectivity index (χ0) is 12.0. The highest BCUT2D eigenvalue weighted by atomic mass is 16.4. The van der Waals surface area contributed by atoms with Gasteiger partial charge in [-0.25, -0.2) is 4.79 Å². The first-order valence-electron chi connectivity index (χ1n) is 5.09. The van der Waals surface area contributed by atoms with Gasteiger partial charge in [0.15, 0.2) is 0 Å². The Morgan fingerprint density at radius 2 is 2.31 bits per heavy atom. The molecular formula is C11H13NO4. The van der Waals surface area contributed by atoms with Gasteiger partial charge in [0.1, 0.15) is 5.70 Å². The smallest absolute Gasteiger partial charge is 0.352 e. The number of aliphatic carboxylic acids is 1. The fraction of sp³-hybridized carbons (Fsp3) is 0.455.